The molecular weight excluding hydrogens is 326 g/mol. The third-order valence-electron chi connectivity index (χ3n) is 5.80. The van der Waals surface area contributed by atoms with Gasteiger partial charge in [-0.05, 0) is 55.8 Å². The highest BCUT2D eigenvalue weighted by Gasteiger charge is 2.35. The number of likely N-dealkylation sites (tertiary alicyclic amines) is 1. The lowest BCUT2D eigenvalue weighted by Gasteiger charge is -2.39. The summed E-state index contributed by atoms with van der Waals surface area (Å²) in [4.78, 5) is 15.4. The topological polar surface area (TPSA) is 20.3 Å². The smallest absolute Gasteiger partial charge is 0.225 e. The van der Waals surface area contributed by atoms with Crippen molar-refractivity contribution in [2.45, 2.75) is 71.0 Å². The fraction of sp³-hybridized carbons (Fsp3) is 0.944. The molecule has 0 N–H and O–H groups in total. The Balaban J connectivity index is 1.80. The average Bonchev–Trinajstić information content (AvgIpc) is 2.46. The van der Waals surface area contributed by atoms with E-state index in [-0.39, 0.29) is 0 Å². The van der Waals surface area contributed by atoms with Crippen molar-refractivity contribution >= 4 is 21.8 Å². The molecule has 0 aromatic carbocycles. The highest BCUT2D eigenvalue weighted by atomic mass is 79.9. The van der Waals surface area contributed by atoms with Crippen LogP contribution in [0.4, 0.5) is 0 Å². The normalized spacial score (nSPS) is 30.2. The van der Waals surface area contributed by atoms with E-state index in [1.54, 1.807) is 0 Å². The number of hydrogen-bond acceptors (Lipinski definition) is 1. The fourth-order valence-electron chi connectivity index (χ4n) is 4.04. The Morgan fingerprint density at radius 2 is 1.57 bits per heavy atom. The molecule has 3 heteroatoms. The van der Waals surface area contributed by atoms with E-state index in [1.165, 1.54) is 12.8 Å². The number of rotatable bonds is 2. The number of nitrogens with zero attached hydrogens (tertiary/aromatic N) is 1. The molecule has 1 amide bonds. The van der Waals surface area contributed by atoms with Gasteiger partial charge in [0, 0.05) is 23.8 Å². The van der Waals surface area contributed by atoms with E-state index in [0.717, 1.165) is 50.6 Å². The lowest BCUT2D eigenvalue weighted by Crippen LogP contribution is -2.44. The van der Waals surface area contributed by atoms with Crippen molar-refractivity contribution in [3.05, 3.63) is 0 Å². The zero-order valence-electron chi connectivity index (χ0n) is 14.2. The largest absolute Gasteiger partial charge is 0.342 e. The van der Waals surface area contributed by atoms with Crippen LogP contribution in [0.5, 0.6) is 0 Å². The van der Waals surface area contributed by atoms with Gasteiger partial charge >= 0.3 is 0 Å². The monoisotopic (exact) mass is 357 g/mol. The fourth-order valence-corrected chi connectivity index (χ4v) is 4.57. The number of amides is 1. The van der Waals surface area contributed by atoms with Crippen LogP contribution in [0.3, 0.4) is 0 Å². The Labute approximate surface area is 139 Å². The van der Waals surface area contributed by atoms with Gasteiger partial charge in [-0.25, -0.2) is 0 Å². The molecule has 2 fully saturated rings. The van der Waals surface area contributed by atoms with E-state index in [2.05, 4.69) is 48.5 Å². The van der Waals surface area contributed by atoms with Gasteiger partial charge in [0.05, 0.1) is 0 Å². The first-order chi connectivity index (χ1) is 9.79. The minimum Gasteiger partial charge on any atom is -0.342 e. The van der Waals surface area contributed by atoms with Crippen LogP contribution in [-0.2, 0) is 4.79 Å². The number of carbonyl (C=O) groups is 1. The molecule has 2 nitrogen and oxygen atoms in total. The van der Waals surface area contributed by atoms with Crippen LogP contribution in [0.15, 0.2) is 0 Å². The van der Waals surface area contributed by atoms with Gasteiger partial charge < -0.3 is 4.90 Å². The Morgan fingerprint density at radius 1 is 1.05 bits per heavy atom. The van der Waals surface area contributed by atoms with Gasteiger partial charge in [-0.1, -0.05) is 43.6 Å². The molecule has 122 valence electrons. The van der Waals surface area contributed by atoms with Crippen LogP contribution in [0, 0.1) is 23.2 Å². The summed E-state index contributed by atoms with van der Waals surface area (Å²) in [7, 11) is 0. The summed E-state index contributed by atoms with van der Waals surface area (Å²) >= 11 is 3.69. The number of alkyl halides is 1. The van der Waals surface area contributed by atoms with Gasteiger partial charge in [0.1, 0.15) is 0 Å². The van der Waals surface area contributed by atoms with Crippen molar-refractivity contribution < 1.29 is 4.79 Å². The zero-order valence-corrected chi connectivity index (χ0v) is 15.8. The van der Waals surface area contributed by atoms with Gasteiger partial charge in [-0.3, -0.25) is 4.79 Å². The van der Waals surface area contributed by atoms with Crippen molar-refractivity contribution in [3.8, 4) is 0 Å². The standard InChI is InChI=1S/C18H32BrNO/c1-13(19)14-9-11-20(12-10-14)17(21)15-5-7-16(8-6-15)18(2,3)4/h13-16H,5-12H2,1-4H3. The van der Waals surface area contributed by atoms with Crippen LogP contribution in [0.25, 0.3) is 0 Å². The Hall–Kier alpha value is -0.0500. The lowest BCUT2D eigenvalue weighted by molar-refractivity contribution is -0.138. The van der Waals surface area contributed by atoms with Crippen LogP contribution in [0.1, 0.15) is 66.2 Å². The minimum atomic E-state index is 0.307. The van der Waals surface area contributed by atoms with E-state index in [9.17, 15) is 4.79 Å². The first-order valence-corrected chi connectivity index (χ1v) is 9.63. The quantitative estimate of drug-likeness (QED) is 0.646. The van der Waals surface area contributed by atoms with Gasteiger partial charge in [0.15, 0.2) is 0 Å². The van der Waals surface area contributed by atoms with Crippen molar-refractivity contribution in [3.63, 3.8) is 0 Å². The van der Waals surface area contributed by atoms with Crippen LogP contribution in [0.2, 0.25) is 0 Å². The predicted octanol–water partition coefficient (Wildman–Crippen LogP) is 4.86. The maximum Gasteiger partial charge on any atom is 0.225 e. The molecule has 1 heterocycles. The van der Waals surface area contributed by atoms with Crippen molar-refractivity contribution in [1.82, 2.24) is 4.90 Å². The molecule has 0 aromatic rings. The maximum atomic E-state index is 12.7. The molecule has 1 aliphatic carbocycles. The van der Waals surface area contributed by atoms with Crippen molar-refractivity contribution in [2.75, 3.05) is 13.1 Å². The van der Waals surface area contributed by atoms with Crippen LogP contribution >= 0.6 is 15.9 Å². The molecule has 0 bridgehead atoms. The summed E-state index contributed by atoms with van der Waals surface area (Å²) in [6.07, 6.45) is 7.00. The van der Waals surface area contributed by atoms with Gasteiger partial charge in [-0.15, -0.1) is 0 Å². The molecule has 1 unspecified atom stereocenters. The molecule has 0 radical (unpaired) electrons. The summed E-state index contributed by atoms with van der Waals surface area (Å²) in [5.74, 6) is 2.29. The Bertz CT molecular complexity index is 345. The molecule has 1 atom stereocenters. The molecule has 2 rings (SSSR count). The van der Waals surface area contributed by atoms with E-state index >= 15 is 0 Å². The molecule has 1 saturated heterocycles. The Kier molecular flexibility index (Phi) is 5.78. The number of piperidine rings is 1. The summed E-state index contributed by atoms with van der Waals surface area (Å²) in [6.45, 7) is 11.2. The van der Waals surface area contributed by atoms with E-state index in [4.69, 9.17) is 0 Å². The number of halogens is 1. The second-order valence-corrected chi connectivity index (χ2v) is 9.70. The lowest BCUT2D eigenvalue weighted by atomic mass is 9.69. The van der Waals surface area contributed by atoms with E-state index in [0.29, 0.717) is 22.1 Å². The van der Waals surface area contributed by atoms with Crippen LogP contribution < -0.4 is 0 Å². The first kappa shape index (κ1) is 17.3. The average molecular weight is 358 g/mol. The molecule has 0 aromatic heterocycles. The van der Waals surface area contributed by atoms with Gasteiger partial charge in [0.2, 0.25) is 5.91 Å². The van der Waals surface area contributed by atoms with Gasteiger partial charge in [-0.2, -0.15) is 0 Å². The highest BCUT2D eigenvalue weighted by Crippen LogP contribution is 2.40. The maximum absolute atomic E-state index is 12.7. The molecule has 2 aliphatic rings. The second kappa shape index (κ2) is 7.02. The summed E-state index contributed by atoms with van der Waals surface area (Å²) < 4.78 is 0. The summed E-state index contributed by atoms with van der Waals surface area (Å²) in [5.41, 5.74) is 0.401. The first-order valence-electron chi connectivity index (χ1n) is 8.72. The zero-order chi connectivity index (χ0) is 15.6. The molecule has 1 aliphatic heterocycles. The van der Waals surface area contributed by atoms with Crippen molar-refractivity contribution in [1.29, 1.82) is 0 Å². The molecule has 21 heavy (non-hydrogen) atoms. The highest BCUT2D eigenvalue weighted by molar-refractivity contribution is 9.09. The Morgan fingerprint density at radius 3 is 2.00 bits per heavy atom. The van der Waals surface area contributed by atoms with Crippen LogP contribution in [-0.4, -0.2) is 28.7 Å². The van der Waals surface area contributed by atoms with E-state index < -0.39 is 0 Å². The minimum absolute atomic E-state index is 0.307. The molecular formula is C18H32BrNO. The van der Waals surface area contributed by atoms with Crippen molar-refractivity contribution in [2.24, 2.45) is 23.2 Å². The van der Waals surface area contributed by atoms with E-state index in [1.807, 2.05) is 0 Å². The number of hydrogen-bond donors (Lipinski definition) is 0. The molecule has 0 spiro atoms. The second-order valence-electron chi connectivity index (χ2n) is 8.25. The number of carbonyl (C=O) groups excluding carboxylic acids is 1. The van der Waals surface area contributed by atoms with Gasteiger partial charge in [0.25, 0.3) is 0 Å². The summed E-state index contributed by atoms with van der Waals surface area (Å²) in [5, 5.41) is 0. The predicted molar refractivity (Wildman–Crippen MR) is 92.6 cm³/mol. The summed E-state index contributed by atoms with van der Waals surface area (Å²) in [6, 6.07) is 0. The third-order valence-corrected chi connectivity index (χ3v) is 6.55. The SMILES string of the molecule is CC(Br)C1CCN(C(=O)C2CCC(C(C)(C)C)CC2)CC1. The third kappa shape index (κ3) is 4.46. The molecule has 1 saturated carbocycles.